The fourth-order valence-corrected chi connectivity index (χ4v) is 2.04. The lowest BCUT2D eigenvalue weighted by molar-refractivity contribution is 0.116. The Kier molecular flexibility index (Phi) is 0.697. The van der Waals surface area contributed by atoms with E-state index in [4.69, 9.17) is 0 Å². The Morgan fingerprint density at radius 3 is 1.57 bits per heavy atom. The largest absolute Gasteiger partial charge is 0.0528 e. The molecule has 3 saturated carbocycles. The molecule has 0 saturated heterocycles. The van der Waals surface area contributed by atoms with E-state index in [2.05, 4.69) is 0 Å². The van der Waals surface area contributed by atoms with Crippen molar-refractivity contribution in [3.05, 3.63) is 0 Å². The molecule has 3 aliphatic rings. The van der Waals surface area contributed by atoms with Crippen molar-refractivity contribution >= 4 is 0 Å². The molecule has 0 radical (unpaired) electrons. The SMILES string of the molecule is C1C[C@H]2C[C@@H](C1)C2. The van der Waals surface area contributed by atoms with Crippen molar-refractivity contribution in [1.82, 2.24) is 0 Å². The molecule has 0 heterocycles. The quantitative estimate of drug-likeness (QED) is 0.433. The van der Waals surface area contributed by atoms with E-state index in [1.165, 1.54) is 18.3 Å². The van der Waals surface area contributed by atoms with Crippen LogP contribution >= 0.6 is 0 Å². The van der Waals surface area contributed by atoms with Crippen LogP contribution in [0.3, 0.4) is 0 Å². The minimum atomic E-state index is 1.18. The average molecular weight is 96.2 g/mol. The van der Waals surface area contributed by atoms with Gasteiger partial charge in [0.2, 0.25) is 0 Å². The van der Waals surface area contributed by atoms with Crippen molar-refractivity contribution in [2.75, 3.05) is 0 Å². The molecule has 0 aromatic heterocycles. The second-order valence-corrected chi connectivity index (χ2v) is 3.13. The zero-order chi connectivity index (χ0) is 4.69. The molecule has 3 aliphatic carbocycles. The van der Waals surface area contributed by atoms with Crippen molar-refractivity contribution < 1.29 is 0 Å². The molecule has 7 heavy (non-hydrogen) atoms. The minimum absolute atomic E-state index is 1.18. The first-order valence-electron chi connectivity index (χ1n) is 3.45. The van der Waals surface area contributed by atoms with Gasteiger partial charge in [-0.15, -0.1) is 0 Å². The third-order valence-electron chi connectivity index (χ3n) is 2.56. The Labute approximate surface area is 44.9 Å². The first kappa shape index (κ1) is 3.94. The normalized spacial score (nSPS) is 48.0. The van der Waals surface area contributed by atoms with Crippen LogP contribution in [0.4, 0.5) is 0 Å². The zero-order valence-corrected chi connectivity index (χ0v) is 4.69. The van der Waals surface area contributed by atoms with Crippen molar-refractivity contribution in [1.29, 1.82) is 0 Å². The summed E-state index contributed by atoms with van der Waals surface area (Å²) in [5.41, 5.74) is 0. The fraction of sp³-hybridized carbons (Fsp3) is 1.00. The maximum Gasteiger partial charge on any atom is -0.0409 e. The Morgan fingerprint density at radius 1 is 0.857 bits per heavy atom. The molecule has 0 atom stereocenters. The highest BCUT2D eigenvalue weighted by atomic mass is 14.4. The maximum atomic E-state index is 1.58. The Bertz CT molecular complexity index is 56.6. The first-order valence-corrected chi connectivity index (χ1v) is 3.45. The van der Waals surface area contributed by atoms with Gasteiger partial charge in [-0.25, -0.2) is 0 Å². The third-order valence-corrected chi connectivity index (χ3v) is 2.56. The first-order chi connectivity index (χ1) is 3.45. The van der Waals surface area contributed by atoms with E-state index in [0.717, 1.165) is 0 Å². The van der Waals surface area contributed by atoms with E-state index in [1.54, 1.807) is 25.7 Å². The molecular formula is C7H12. The Morgan fingerprint density at radius 2 is 1.43 bits per heavy atom. The second kappa shape index (κ2) is 1.24. The van der Waals surface area contributed by atoms with E-state index in [0.29, 0.717) is 0 Å². The molecule has 0 spiro atoms. The lowest BCUT2D eigenvalue weighted by Crippen LogP contribution is -2.28. The molecule has 0 heteroatoms. The van der Waals surface area contributed by atoms with Gasteiger partial charge >= 0.3 is 0 Å². The van der Waals surface area contributed by atoms with Gasteiger partial charge in [0.25, 0.3) is 0 Å². The molecule has 0 amide bonds. The van der Waals surface area contributed by atoms with E-state index in [1.807, 2.05) is 0 Å². The van der Waals surface area contributed by atoms with Gasteiger partial charge in [0.1, 0.15) is 0 Å². The van der Waals surface area contributed by atoms with Crippen LogP contribution in [0.1, 0.15) is 32.1 Å². The summed E-state index contributed by atoms with van der Waals surface area (Å²) in [6.45, 7) is 0. The summed E-state index contributed by atoms with van der Waals surface area (Å²) < 4.78 is 0. The Balaban J connectivity index is 1.99. The Hall–Kier alpha value is 0. The molecule has 0 aromatic rings. The van der Waals surface area contributed by atoms with Gasteiger partial charge in [-0.1, -0.05) is 19.3 Å². The molecule has 0 N–H and O–H groups in total. The molecule has 3 fully saturated rings. The van der Waals surface area contributed by atoms with Crippen LogP contribution in [-0.4, -0.2) is 0 Å². The topological polar surface area (TPSA) is 0 Å². The van der Waals surface area contributed by atoms with Crippen LogP contribution in [0, 0.1) is 11.8 Å². The van der Waals surface area contributed by atoms with Crippen LogP contribution in [0.25, 0.3) is 0 Å². The van der Waals surface area contributed by atoms with E-state index in [-0.39, 0.29) is 0 Å². The average Bonchev–Trinajstić information content (AvgIpc) is 1.67. The van der Waals surface area contributed by atoms with E-state index in [9.17, 15) is 0 Å². The van der Waals surface area contributed by atoms with Gasteiger partial charge < -0.3 is 0 Å². The second-order valence-electron chi connectivity index (χ2n) is 3.13. The molecule has 0 unspecified atom stereocenters. The predicted molar refractivity (Wildman–Crippen MR) is 30.1 cm³/mol. The summed E-state index contributed by atoms with van der Waals surface area (Å²) in [7, 11) is 0. The summed E-state index contributed by atoms with van der Waals surface area (Å²) in [5.74, 6) is 2.36. The summed E-state index contributed by atoms with van der Waals surface area (Å²) in [5, 5.41) is 0. The van der Waals surface area contributed by atoms with Crippen LogP contribution in [0.15, 0.2) is 0 Å². The summed E-state index contributed by atoms with van der Waals surface area (Å²) >= 11 is 0. The van der Waals surface area contributed by atoms with Crippen LogP contribution < -0.4 is 0 Å². The molecule has 0 aliphatic heterocycles. The van der Waals surface area contributed by atoms with Crippen molar-refractivity contribution in [2.45, 2.75) is 32.1 Å². The van der Waals surface area contributed by atoms with Gasteiger partial charge in [0, 0.05) is 0 Å². The molecule has 0 nitrogen and oxygen atoms in total. The third kappa shape index (κ3) is 0.490. The number of rotatable bonds is 0. The lowest BCUT2D eigenvalue weighted by Gasteiger charge is -2.40. The summed E-state index contributed by atoms with van der Waals surface area (Å²) in [4.78, 5) is 0. The maximum absolute atomic E-state index is 1.58. The highest BCUT2D eigenvalue weighted by Gasteiger charge is 2.32. The monoisotopic (exact) mass is 96.1 g/mol. The standard InChI is InChI=1S/C7H12/c1-2-6-4-7(3-1)5-6/h6-7H,1-5H2/t6-,7+. The fourth-order valence-electron chi connectivity index (χ4n) is 2.04. The number of hydrogen-bond donors (Lipinski definition) is 0. The summed E-state index contributed by atoms with van der Waals surface area (Å²) in [6, 6.07) is 0. The van der Waals surface area contributed by atoms with Crippen LogP contribution in [0.2, 0.25) is 0 Å². The molecule has 0 aromatic carbocycles. The van der Waals surface area contributed by atoms with Gasteiger partial charge in [-0.3, -0.25) is 0 Å². The van der Waals surface area contributed by atoms with Crippen LogP contribution in [0.5, 0.6) is 0 Å². The van der Waals surface area contributed by atoms with Gasteiger partial charge in [-0.2, -0.15) is 0 Å². The number of hydrogen-bond acceptors (Lipinski definition) is 0. The predicted octanol–water partition coefficient (Wildman–Crippen LogP) is 2.20. The molecule has 3 rings (SSSR count). The molecular weight excluding hydrogens is 84.1 g/mol. The summed E-state index contributed by atoms with van der Waals surface area (Å²) in [6.07, 6.45) is 7.81. The van der Waals surface area contributed by atoms with Gasteiger partial charge in [0.15, 0.2) is 0 Å². The highest BCUT2D eigenvalue weighted by molar-refractivity contribution is 4.83. The van der Waals surface area contributed by atoms with Crippen LogP contribution in [-0.2, 0) is 0 Å². The van der Waals surface area contributed by atoms with E-state index < -0.39 is 0 Å². The van der Waals surface area contributed by atoms with E-state index >= 15 is 0 Å². The molecule has 2 bridgehead atoms. The van der Waals surface area contributed by atoms with Gasteiger partial charge in [-0.05, 0) is 24.7 Å². The van der Waals surface area contributed by atoms with Crippen molar-refractivity contribution in [3.63, 3.8) is 0 Å². The molecule has 40 valence electrons. The number of fused-ring (bicyclic) bond motifs is 2. The zero-order valence-electron chi connectivity index (χ0n) is 4.69. The minimum Gasteiger partial charge on any atom is -0.0528 e. The lowest BCUT2D eigenvalue weighted by atomic mass is 9.65. The van der Waals surface area contributed by atoms with Gasteiger partial charge in [0.05, 0.1) is 0 Å². The smallest absolute Gasteiger partial charge is 0.0409 e. The van der Waals surface area contributed by atoms with Crippen molar-refractivity contribution in [3.8, 4) is 0 Å². The van der Waals surface area contributed by atoms with Crippen molar-refractivity contribution in [2.24, 2.45) is 11.8 Å². The highest BCUT2D eigenvalue weighted by Crippen LogP contribution is 2.45.